The van der Waals surface area contributed by atoms with E-state index >= 15 is 0 Å². The van der Waals surface area contributed by atoms with E-state index in [0.29, 0.717) is 5.02 Å². The van der Waals surface area contributed by atoms with Gasteiger partial charge in [0.2, 0.25) is 0 Å². The molecule has 3 nitrogen and oxygen atoms in total. The Labute approximate surface area is 110 Å². The lowest BCUT2D eigenvalue weighted by atomic mass is 10.2. The maximum Gasteiger partial charge on any atom is 0.335 e. The van der Waals surface area contributed by atoms with Crippen molar-refractivity contribution in [2.75, 3.05) is 5.32 Å². The zero-order valence-electron chi connectivity index (χ0n) is 9.77. The Bertz CT molecular complexity index is 579. The minimum atomic E-state index is -0.935. The minimum absolute atomic E-state index is 0.260. The predicted molar refractivity (Wildman–Crippen MR) is 72.9 cm³/mol. The Morgan fingerprint density at radius 1 is 1.17 bits per heavy atom. The van der Waals surface area contributed by atoms with Gasteiger partial charge in [-0.15, -0.1) is 0 Å². The zero-order chi connectivity index (χ0) is 13.1. The van der Waals surface area contributed by atoms with Crippen LogP contribution in [0.5, 0.6) is 0 Å². The van der Waals surface area contributed by atoms with Gasteiger partial charge in [0.15, 0.2) is 0 Å². The number of carboxylic acid groups (broad SMARTS) is 1. The van der Waals surface area contributed by atoms with E-state index in [9.17, 15) is 4.79 Å². The number of carboxylic acids is 1. The Morgan fingerprint density at radius 2 is 1.83 bits per heavy atom. The molecule has 0 aliphatic carbocycles. The predicted octanol–water partition coefficient (Wildman–Crippen LogP) is 4.09. The zero-order valence-corrected chi connectivity index (χ0v) is 10.5. The lowest BCUT2D eigenvalue weighted by molar-refractivity contribution is 0.0697. The van der Waals surface area contributed by atoms with Crippen LogP contribution in [0.25, 0.3) is 0 Å². The average Bonchev–Trinajstić information content (AvgIpc) is 2.34. The lowest BCUT2D eigenvalue weighted by Crippen LogP contribution is -1.97. The van der Waals surface area contributed by atoms with Crippen molar-refractivity contribution in [3.63, 3.8) is 0 Å². The summed E-state index contributed by atoms with van der Waals surface area (Å²) in [4.78, 5) is 10.7. The molecule has 18 heavy (non-hydrogen) atoms. The quantitative estimate of drug-likeness (QED) is 0.875. The van der Waals surface area contributed by atoms with E-state index in [4.69, 9.17) is 16.7 Å². The second-order valence-corrected chi connectivity index (χ2v) is 4.40. The number of benzene rings is 2. The fraction of sp³-hybridized carbons (Fsp3) is 0.0714. The number of rotatable bonds is 3. The molecule has 2 rings (SSSR count). The molecule has 2 aromatic carbocycles. The average molecular weight is 262 g/mol. The maximum absolute atomic E-state index is 10.7. The number of nitrogens with one attached hydrogen (secondary N) is 1. The third-order valence-electron chi connectivity index (χ3n) is 2.53. The van der Waals surface area contributed by atoms with Gasteiger partial charge in [0.25, 0.3) is 0 Å². The van der Waals surface area contributed by atoms with E-state index < -0.39 is 5.97 Å². The largest absolute Gasteiger partial charge is 0.478 e. The summed E-state index contributed by atoms with van der Waals surface area (Å²) in [5.74, 6) is -0.935. The third kappa shape index (κ3) is 2.81. The highest BCUT2D eigenvalue weighted by Crippen LogP contribution is 2.26. The van der Waals surface area contributed by atoms with Crippen LogP contribution < -0.4 is 5.32 Å². The third-order valence-corrected chi connectivity index (χ3v) is 2.86. The van der Waals surface area contributed by atoms with Gasteiger partial charge in [-0.25, -0.2) is 4.79 Å². The minimum Gasteiger partial charge on any atom is -0.478 e. The first kappa shape index (κ1) is 12.5. The summed E-state index contributed by atoms with van der Waals surface area (Å²) in [5.41, 5.74) is 2.96. The number of anilines is 2. The normalized spacial score (nSPS) is 10.1. The number of carbonyl (C=O) groups is 1. The summed E-state index contributed by atoms with van der Waals surface area (Å²) in [5, 5.41) is 12.6. The molecule has 0 aromatic heterocycles. The molecular weight excluding hydrogens is 250 g/mol. The van der Waals surface area contributed by atoms with E-state index in [-0.39, 0.29) is 5.56 Å². The lowest BCUT2D eigenvalue weighted by Gasteiger charge is -2.09. The molecule has 0 aliphatic rings. The molecule has 0 aliphatic heterocycles. The van der Waals surface area contributed by atoms with Crippen molar-refractivity contribution < 1.29 is 9.90 Å². The monoisotopic (exact) mass is 261 g/mol. The Kier molecular flexibility index (Phi) is 3.53. The fourth-order valence-electron chi connectivity index (χ4n) is 1.59. The molecule has 0 saturated heterocycles. The molecule has 0 radical (unpaired) electrons. The summed E-state index contributed by atoms with van der Waals surface area (Å²) < 4.78 is 0. The van der Waals surface area contributed by atoms with Gasteiger partial charge in [-0.2, -0.15) is 0 Å². The van der Waals surface area contributed by atoms with Crippen LogP contribution in [0.2, 0.25) is 5.02 Å². The van der Waals surface area contributed by atoms with Crippen LogP contribution in [0.3, 0.4) is 0 Å². The van der Waals surface area contributed by atoms with Gasteiger partial charge in [-0.3, -0.25) is 0 Å². The van der Waals surface area contributed by atoms with E-state index in [2.05, 4.69) is 5.32 Å². The number of aromatic carboxylic acids is 1. The van der Waals surface area contributed by atoms with Gasteiger partial charge in [-0.1, -0.05) is 17.7 Å². The first-order chi connectivity index (χ1) is 8.56. The van der Waals surface area contributed by atoms with Crippen LogP contribution in [0, 0.1) is 6.92 Å². The standard InChI is InChI=1S/C14H12ClNO2/c1-9-2-7-12(15)13(8-9)16-11-5-3-10(4-6-11)14(17)18/h2-8,16H,1H3,(H,17,18). The molecule has 2 N–H and O–H groups in total. The van der Waals surface area contributed by atoms with Crippen molar-refractivity contribution in [3.05, 3.63) is 58.6 Å². The van der Waals surface area contributed by atoms with Crippen molar-refractivity contribution in [1.82, 2.24) is 0 Å². The van der Waals surface area contributed by atoms with E-state index in [0.717, 1.165) is 16.9 Å². The molecule has 0 saturated carbocycles. The molecule has 2 aromatic rings. The van der Waals surface area contributed by atoms with E-state index in [1.807, 2.05) is 25.1 Å². The molecule has 0 unspecified atom stereocenters. The van der Waals surface area contributed by atoms with Crippen LogP contribution in [0.15, 0.2) is 42.5 Å². The molecule has 0 atom stereocenters. The Morgan fingerprint density at radius 3 is 2.44 bits per heavy atom. The summed E-state index contributed by atoms with van der Waals surface area (Å²) in [6.45, 7) is 1.98. The van der Waals surface area contributed by atoms with Gasteiger partial charge in [0.05, 0.1) is 16.3 Å². The second kappa shape index (κ2) is 5.10. The first-order valence-corrected chi connectivity index (χ1v) is 5.80. The Hall–Kier alpha value is -2.00. The van der Waals surface area contributed by atoms with Crippen molar-refractivity contribution in [2.45, 2.75) is 6.92 Å². The van der Waals surface area contributed by atoms with Crippen LogP contribution in [0.1, 0.15) is 15.9 Å². The van der Waals surface area contributed by atoms with E-state index in [1.54, 1.807) is 24.3 Å². The van der Waals surface area contributed by atoms with Crippen LogP contribution in [-0.4, -0.2) is 11.1 Å². The van der Waals surface area contributed by atoms with Crippen LogP contribution in [0.4, 0.5) is 11.4 Å². The molecule has 0 amide bonds. The van der Waals surface area contributed by atoms with Crippen molar-refractivity contribution >= 4 is 28.9 Å². The van der Waals surface area contributed by atoms with Gasteiger partial charge in [0.1, 0.15) is 0 Å². The summed E-state index contributed by atoms with van der Waals surface area (Å²) >= 11 is 6.07. The molecule has 0 fully saturated rings. The molecule has 92 valence electrons. The molecule has 0 bridgehead atoms. The number of halogens is 1. The van der Waals surface area contributed by atoms with E-state index in [1.165, 1.54) is 0 Å². The summed E-state index contributed by atoms with van der Waals surface area (Å²) in [7, 11) is 0. The highest BCUT2D eigenvalue weighted by Gasteiger charge is 2.04. The highest BCUT2D eigenvalue weighted by molar-refractivity contribution is 6.33. The topological polar surface area (TPSA) is 49.3 Å². The molecular formula is C14H12ClNO2. The second-order valence-electron chi connectivity index (χ2n) is 3.99. The summed E-state index contributed by atoms with van der Waals surface area (Å²) in [6, 6.07) is 12.2. The van der Waals surface area contributed by atoms with Crippen molar-refractivity contribution in [1.29, 1.82) is 0 Å². The molecule has 0 spiro atoms. The summed E-state index contributed by atoms with van der Waals surface area (Å²) in [6.07, 6.45) is 0. The fourth-order valence-corrected chi connectivity index (χ4v) is 1.75. The van der Waals surface area contributed by atoms with Gasteiger partial charge in [0, 0.05) is 5.69 Å². The van der Waals surface area contributed by atoms with Crippen molar-refractivity contribution in [2.24, 2.45) is 0 Å². The highest BCUT2D eigenvalue weighted by atomic mass is 35.5. The van der Waals surface area contributed by atoms with Gasteiger partial charge in [-0.05, 0) is 48.9 Å². The Balaban J connectivity index is 2.23. The molecule has 0 heterocycles. The molecule has 4 heteroatoms. The van der Waals surface area contributed by atoms with Crippen molar-refractivity contribution in [3.8, 4) is 0 Å². The van der Waals surface area contributed by atoms with Crippen LogP contribution in [-0.2, 0) is 0 Å². The number of hydrogen-bond acceptors (Lipinski definition) is 2. The smallest absolute Gasteiger partial charge is 0.335 e. The maximum atomic E-state index is 10.7. The first-order valence-electron chi connectivity index (χ1n) is 5.43. The number of aryl methyl sites for hydroxylation is 1. The SMILES string of the molecule is Cc1ccc(Cl)c(Nc2ccc(C(=O)O)cc2)c1. The van der Waals surface area contributed by atoms with Gasteiger partial charge < -0.3 is 10.4 Å². The van der Waals surface area contributed by atoms with Gasteiger partial charge >= 0.3 is 5.97 Å². The number of hydrogen-bond donors (Lipinski definition) is 2. The van der Waals surface area contributed by atoms with Crippen LogP contribution >= 0.6 is 11.6 Å².